The number of nitrogens with zero attached hydrogens (tertiary/aromatic N) is 3. The first kappa shape index (κ1) is 22.6. The third kappa shape index (κ3) is 4.31. The van der Waals surface area contributed by atoms with Crippen LogP contribution < -0.4 is 5.32 Å². The maximum Gasteiger partial charge on any atom is 0.251 e. The molecule has 3 aromatic carbocycles. The number of phenolic OH excluding ortho intramolecular Hbond substituents is 1. The van der Waals surface area contributed by atoms with E-state index in [1.54, 1.807) is 17.4 Å². The number of carbonyl (C=O) groups excluding carboxylic acids is 1. The summed E-state index contributed by atoms with van der Waals surface area (Å²) in [5, 5.41) is 21.6. The van der Waals surface area contributed by atoms with Gasteiger partial charge in [0, 0.05) is 41.2 Å². The first-order valence-corrected chi connectivity index (χ1v) is 12.7. The monoisotopic (exact) mass is 501 g/mol. The van der Waals surface area contributed by atoms with E-state index >= 15 is 0 Å². The molecule has 0 radical (unpaired) electrons. The van der Waals surface area contributed by atoms with Crippen molar-refractivity contribution in [2.75, 3.05) is 13.1 Å². The number of aromatic hydroxyl groups is 1. The molecule has 1 aliphatic rings. The Morgan fingerprint density at radius 1 is 1.22 bits per heavy atom. The number of H-pyrrole nitrogens is 1. The molecule has 1 aliphatic heterocycles. The predicted octanol–water partition coefficient (Wildman–Crippen LogP) is 5.08. The number of aromatic amines is 1. The van der Waals surface area contributed by atoms with Gasteiger partial charge in [-0.25, -0.2) is 9.37 Å². The van der Waals surface area contributed by atoms with Gasteiger partial charge in [-0.1, -0.05) is 12.1 Å². The number of hydrogen-bond donors (Lipinski definition) is 3. The Balaban J connectivity index is 1.19. The molecule has 3 N–H and O–H groups in total. The van der Waals surface area contributed by atoms with E-state index in [1.807, 2.05) is 29.8 Å². The topological polar surface area (TPSA) is 94.1 Å². The van der Waals surface area contributed by atoms with Crippen LogP contribution in [0.4, 0.5) is 4.39 Å². The van der Waals surface area contributed by atoms with Gasteiger partial charge in [0.05, 0.1) is 26.9 Å². The summed E-state index contributed by atoms with van der Waals surface area (Å²) >= 11 is 1.58. The van der Waals surface area contributed by atoms with Crippen LogP contribution in [0.1, 0.15) is 28.8 Å². The fourth-order valence-corrected chi connectivity index (χ4v) is 5.61. The van der Waals surface area contributed by atoms with E-state index in [9.17, 15) is 14.3 Å². The number of hydrogen-bond acceptors (Lipinski definition) is 6. The molecule has 1 amide bonds. The summed E-state index contributed by atoms with van der Waals surface area (Å²) in [5.74, 6) is -0.609. The minimum Gasteiger partial charge on any atom is -0.508 e. The number of nitrogens with one attached hydrogen (secondary N) is 2. The second-order valence-corrected chi connectivity index (χ2v) is 10.0. The van der Waals surface area contributed by atoms with Gasteiger partial charge in [0.25, 0.3) is 5.91 Å². The van der Waals surface area contributed by atoms with Gasteiger partial charge in [0.1, 0.15) is 11.6 Å². The number of halogens is 1. The Morgan fingerprint density at radius 3 is 3.03 bits per heavy atom. The molecule has 0 bridgehead atoms. The minimum absolute atomic E-state index is 0.0418. The minimum atomic E-state index is -0.417. The number of piperidine rings is 1. The van der Waals surface area contributed by atoms with Crippen LogP contribution in [0.5, 0.6) is 5.75 Å². The first-order valence-electron chi connectivity index (χ1n) is 11.9. The Labute approximate surface area is 210 Å². The van der Waals surface area contributed by atoms with Gasteiger partial charge in [0.2, 0.25) is 0 Å². The third-order valence-electron chi connectivity index (χ3n) is 6.75. The summed E-state index contributed by atoms with van der Waals surface area (Å²) in [7, 11) is 0. The van der Waals surface area contributed by atoms with Crippen molar-refractivity contribution in [2.45, 2.75) is 25.4 Å². The van der Waals surface area contributed by atoms with Gasteiger partial charge < -0.3 is 10.4 Å². The van der Waals surface area contributed by atoms with E-state index in [0.717, 1.165) is 51.8 Å². The smallest absolute Gasteiger partial charge is 0.251 e. The van der Waals surface area contributed by atoms with Crippen molar-refractivity contribution in [2.24, 2.45) is 0 Å². The van der Waals surface area contributed by atoms with E-state index in [2.05, 4.69) is 31.5 Å². The fraction of sp³-hybridized carbons (Fsp3) is 0.222. The molecule has 9 heteroatoms. The van der Waals surface area contributed by atoms with Crippen LogP contribution >= 0.6 is 11.3 Å². The lowest BCUT2D eigenvalue weighted by Gasteiger charge is -2.33. The van der Waals surface area contributed by atoms with E-state index in [-0.39, 0.29) is 17.7 Å². The molecule has 3 heterocycles. The number of thiazole rings is 1. The van der Waals surface area contributed by atoms with Gasteiger partial charge in [-0.05, 0) is 61.9 Å². The predicted molar refractivity (Wildman–Crippen MR) is 139 cm³/mol. The maximum absolute atomic E-state index is 14.2. The first-order chi connectivity index (χ1) is 17.5. The highest BCUT2D eigenvalue weighted by molar-refractivity contribution is 7.16. The molecule has 1 saturated heterocycles. The number of benzene rings is 3. The van der Waals surface area contributed by atoms with Crippen molar-refractivity contribution in [3.05, 3.63) is 77.1 Å². The number of fused-ring (bicyclic) bond motifs is 2. The zero-order valence-corrected chi connectivity index (χ0v) is 20.2. The summed E-state index contributed by atoms with van der Waals surface area (Å²) in [4.78, 5) is 19.6. The van der Waals surface area contributed by atoms with Gasteiger partial charge in [0.15, 0.2) is 0 Å². The molecule has 6 rings (SSSR count). The molecule has 0 saturated carbocycles. The van der Waals surface area contributed by atoms with Crippen LogP contribution in [0.3, 0.4) is 0 Å². The average Bonchev–Trinajstić information content (AvgIpc) is 3.52. The van der Waals surface area contributed by atoms with Gasteiger partial charge in [-0.2, -0.15) is 5.10 Å². The second-order valence-electron chi connectivity index (χ2n) is 9.15. The van der Waals surface area contributed by atoms with E-state index in [1.165, 1.54) is 18.2 Å². The standard InChI is InChI=1S/C27H24FN5O2S/c28-21-4-1-5-24(34)20(21)14-33-10-2-3-18(13-33)30-27(35)17-7-8-22-19(11-17)26(32-31-22)16-6-9-23-25(12-16)36-15-29-23/h1,4-9,11-12,15,18,34H,2-3,10,13-14H2,(H,30,35)(H,31,32)/t18-/m1/s1. The molecule has 0 unspecified atom stereocenters. The lowest BCUT2D eigenvalue weighted by atomic mass is 10.0. The fourth-order valence-electron chi connectivity index (χ4n) is 4.89. The van der Waals surface area contributed by atoms with E-state index in [0.29, 0.717) is 24.2 Å². The largest absolute Gasteiger partial charge is 0.508 e. The molecule has 0 aliphatic carbocycles. The van der Waals surface area contributed by atoms with Crippen molar-refractivity contribution < 1.29 is 14.3 Å². The zero-order chi connectivity index (χ0) is 24.6. The van der Waals surface area contributed by atoms with Crippen LogP contribution in [-0.2, 0) is 6.54 Å². The van der Waals surface area contributed by atoms with Crippen LogP contribution in [0, 0.1) is 5.82 Å². The zero-order valence-electron chi connectivity index (χ0n) is 19.4. The molecule has 36 heavy (non-hydrogen) atoms. The van der Waals surface area contributed by atoms with Crippen molar-refractivity contribution in [3.8, 4) is 17.0 Å². The second kappa shape index (κ2) is 9.33. The Morgan fingerprint density at radius 2 is 2.14 bits per heavy atom. The summed E-state index contributed by atoms with van der Waals surface area (Å²) in [6, 6.07) is 15.9. The van der Waals surface area contributed by atoms with E-state index < -0.39 is 5.82 Å². The normalized spacial score (nSPS) is 16.5. The molecule has 0 spiro atoms. The molecule has 5 aromatic rings. The highest BCUT2D eigenvalue weighted by Gasteiger charge is 2.24. The SMILES string of the molecule is O=C(N[C@@H]1CCCN(Cc2c(O)cccc2F)C1)c1ccc2[nH]nc(-c3ccc4ncsc4c3)c2c1. The number of amides is 1. The number of phenols is 1. The summed E-state index contributed by atoms with van der Waals surface area (Å²) < 4.78 is 15.3. The average molecular weight is 502 g/mol. The molecular weight excluding hydrogens is 477 g/mol. The summed E-state index contributed by atoms with van der Waals surface area (Å²) in [6.07, 6.45) is 1.73. The van der Waals surface area contributed by atoms with Crippen LogP contribution in [-0.4, -0.2) is 50.2 Å². The van der Waals surface area contributed by atoms with Crippen LogP contribution in [0.2, 0.25) is 0 Å². The Bertz CT molecular complexity index is 1560. The summed E-state index contributed by atoms with van der Waals surface area (Å²) in [6.45, 7) is 1.68. The Hall–Kier alpha value is -3.82. The molecule has 1 fully saturated rings. The molecule has 7 nitrogen and oxygen atoms in total. The lowest BCUT2D eigenvalue weighted by Crippen LogP contribution is -2.47. The molecule has 1 atom stereocenters. The molecule has 2 aromatic heterocycles. The number of likely N-dealkylation sites (tertiary alicyclic amines) is 1. The number of carbonyl (C=O) groups is 1. The lowest BCUT2D eigenvalue weighted by molar-refractivity contribution is 0.0899. The number of aromatic nitrogens is 3. The highest BCUT2D eigenvalue weighted by atomic mass is 32.1. The van der Waals surface area contributed by atoms with Gasteiger partial charge in [-0.3, -0.25) is 14.8 Å². The van der Waals surface area contributed by atoms with Crippen LogP contribution in [0.25, 0.3) is 32.4 Å². The third-order valence-corrected chi connectivity index (χ3v) is 7.54. The van der Waals surface area contributed by atoms with E-state index in [4.69, 9.17) is 0 Å². The maximum atomic E-state index is 14.2. The van der Waals surface area contributed by atoms with Gasteiger partial charge >= 0.3 is 0 Å². The quantitative estimate of drug-likeness (QED) is 0.312. The van der Waals surface area contributed by atoms with Crippen LogP contribution in [0.15, 0.2) is 60.1 Å². The Kier molecular flexibility index (Phi) is 5.86. The van der Waals surface area contributed by atoms with Crippen molar-refractivity contribution in [1.29, 1.82) is 0 Å². The summed E-state index contributed by atoms with van der Waals surface area (Å²) in [5.41, 5.74) is 6.26. The van der Waals surface area contributed by atoms with Gasteiger partial charge in [-0.15, -0.1) is 11.3 Å². The highest BCUT2D eigenvalue weighted by Crippen LogP contribution is 2.31. The molecular formula is C27H24FN5O2S. The van der Waals surface area contributed by atoms with Crippen molar-refractivity contribution in [3.63, 3.8) is 0 Å². The molecule has 182 valence electrons. The number of rotatable bonds is 5. The van der Waals surface area contributed by atoms with Crippen molar-refractivity contribution >= 4 is 38.4 Å². The van der Waals surface area contributed by atoms with Crippen molar-refractivity contribution in [1.82, 2.24) is 25.4 Å².